The van der Waals surface area contributed by atoms with Gasteiger partial charge >= 0.3 is 0 Å². The number of anilines is 3. The van der Waals surface area contributed by atoms with Gasteiger partial charge in [-0.2, -0.15) is 0 Å². The van der Waals surface area contributed by atoms with Gasteiger partial charge in [0, 0.05) is 31.2 Å². The monoisotopic (exact) mass is 589 g/mol. The summed E-state index contributed by atoms with van der Waals surface area (Å²) >= 11 is 1.37. The van der Waals surface area contributed by atoms with Crippen molar-refractivity contribution in [2.45, 2.75) is 0 Å². The van der Waals surface area contributed by atoms with Gasteiger partial charge in [0.15, 0.2) is 0 Å². The molecule has 0 amide bonds. The Bertz CT molecular complexity index is 3170. The van der Waals surface area contributed by atoms with Gasteiger partial charge in [-0.15, -0.1) is 11.3 Å². The second-order valence-corrected chi connectivity index (χ2v) is 11.5. The van der Waals surface area contributed by atoms with E-state index in [9.17, 15) is 4.11 Å². The number of fused-ring (bicyclic) bond motifs is 7. The SMILES string of the molecule is [2H]c1c([2H])c([2H])c(-c2ccc(N(c3c([2H])c([2H])c4c([2H])c([2H])c([2H])c([2H])c4c3[2H])c3cccc4c3ccc3ccccc34)c3c2sc2ccccc23)c([2H])c1[2H]. The van der Waals surface area contributed by atoms with Crippen LogP contribution in [-0.2, 0) is 0 Å². The summed E-state index contributed by atoms with van der Waals surface area (Å²) in [5, 5.41) is 4.53. The van der Waals surface area contributed by atoms with Crippen molar-refractivity contribution in [2.75, 3.05) is 4.90 Å². The zero-order valence-electron chi connectivity index (χ0n) is 35.0. The van der Waals surface area contributed by atoms with Crippen molar-refractivity contribution in [2.24, 2.45) is 0 Å². The number of rotatable bonds is 4. The molecular formula is C42H27NS. The highest BCUT2D eigenvalue weighted by Gasteiger charge is 2.22. The fraction of sp³-hybridized carbons (Fsp3) is 0. The molecule has 0 aliphatic carbocycles. The summed E-state index contributed by atoms with van der Waals surface area (Å²) in [6, 6.07) is 23.0. The Morgan fingerprint density at radius 2 is 1.27 bits per heavy atom. The molecular weight excluding hydrogens is 551 g/mol. The van der Waals surface area contributed by atoms with Crippen molar-refractivity contribution in [3.05, 3.63) is 164 Å². The molecule has 0 aliphatic heterocycles. The average molecular weight is 590 g/mol. The first-order valence-corrected chi connectivity index (χ1v) is 14.9. The Labute approximate surface area is 276 Å². The van der Waals surface area contributed by atoms with Crippen molar-refractivity contribution in [3.63, 3.8) is 0 Å². The second-order valence-electron chi connectivity index (χ2n) is 10.4. The molecule has 9 aromatic rings. The van der Waals surface area contributed by atoms with Gasteiger partial charge in [-0.05, 0) is 68.3 Å². The van der Waals surface area contributed by atoms with Gasteiger partial charge in [0.05, 0.1) is 27.8 Å². The molecule has 0 N–H and O–H groups in total. The molecule has 0 bridgehead atoms. The van der Waals surface area contributed by atoms with Gasteiger partial charge in [-0.3, -0.25) is 0 Å². The average Bonchev–Trinajstić information content (AvgIpc) is 3.61. The quantitative estimate of drug-likeness (QED) is 0.185. The van der Waals surface area contributed by atoms with Crippen LogP contribution in [-0.4, -0.2) is 0 Å². The molecule has 44 heavy (non-hydrogen) atoms. The molecule has 1 aromatic heterocycles. The lowest BCUT2D eigenvalue weighted by atomic mass is 9.97. The number of benzene rings is 8. The predicted octanol–water partition coefficient (Wildman–Crippen LogP) is 12.7. The highest BCUT2D eigenvalue weighted by atomic mass is 32.1. The van der Waals surface area contributed by atoms with E-state index in [0.29, 0.717) is 27.0 Å². The highest BCUT2D eigenvalue weighted by Crippen LogP contribution is 2.49. The Kier molecular flexibility index (Phi) is 3.64. The van der Waals surface area contributed by atoms with Crippen molar-refractivity contribution in [1.29, 1.82) is 0 Å². The molecule has 0 saturated carbocycles. The molecule has 0 saturated heterocycles. The number of hydrogen-bond donors (Lipinski definition) is 0. The number of nitrogens with zero attached hydrogens (tertiary/aromatic N) is 1. The smallest absolute Gasteiger partial charge is 0.0651 e. The molecule has 8 aromatic carbocycles. The van der Waals surface area contributed by atoms with Crippen LogP contribution in [0, 0.1) is 0 Å². The predicted molar refractivity (Wildman–Crippen MR) is 192 cm³/mol. The molecule has 206 valence electrons. The maximum Gasteiger partial charge on any atom is 0.0651 e. The van der Waals surface area contributed by atoms with Gasteiger partial charge in [-0.25, -0.2) is 0 Å². The minimum absolute atomic E-state index is 0.0276. The van der Waals surface area contributed by atoms with Gasteiger partial charge < -0.3 is 4.90 Å². The summed E-state index contributed by atoms with van der Waals surface area (Å²) in [7, 11) is 0. The van der Waals surface area contributed by atoms with Crippen molar-refractivity contribution >= 4 is 80.9 Å². The Hall–Kier alpha value is -5.44. The Balaban J connectivity index is 1.48. The first kappa shape index (κ1) is 15.9. The minimum atomic E-state index is -0.560. The van der Waals surface area contributed by atoms with Gasteiger partial charge in [0.1, 0.15) is 0 Å². The standard InChI is InChI=1S/C42H27NS/c1-2-12-29(13-3-1)34-25-26-39(41-37-17-8-9-20-40(37)44-42(34)41)43(32-23-21-28-11-4-5-15-31(28)27-32)38-19-10-18-35-33-16-7-6-14-30(33)22-24-36(35)38/h1-27H/i1D,2D,3D,4D,5D,11D,12D,13D,15D,21D,23D,27D. The number of thiophene rings is 1. The topological polar surface area (TPSA) is 3.24 Å². The Morgan fingerprint density at radius 1 is 0.500 bits per heavy atom. The molecule has 2 heteroatoms. The summed E-state index contributed by atoms with van der Waals surface area (Å²) in [5.41, 5.74) is 1.33. The van der Waals surface area contributed by atoms with Crippen molar-refractivity contribution in [3.8, 4) is 11.1 Å². The molecule has 0 fully saturated rings. The van der Waals surface area contributed by atoms with E-state index in [-0.39, 0.29) is 40.2 Å². The molecule has 0 unspecified atom stereocenters. The van der Waals surface area contributed by atoms with E-state index < -0.39 is 54.4 Å². The van der Waals surface area contributed by atoms with Crippen LogP contribution in [0.5, 0.6) is 0 Å². The molecule has 1 heterocycles. The van der Waals surface area contributed by atoms with Gasteiger partial charge in [0.2, 0.25) is 0 Å². The van der Waals surface area contributed by atoms with E-state index in [1.54, 1.807) is 17.0 Å². The Morgan fingerprint density at radius 3 is 2.18 bits per heavy atom. The van der Waals surface area contributed by atoms with E-state index in [0.717, 1.165) is 31.6 Å². The third kappa shape index (κ3) is 3.92. The zero-order valence-corrected chi connectivity index (χ0v) is 23.8. The lowest BCUT2D eigenvalue weighted by molar-refractivity contribution is 1.32. The van der Waals surface area contributed by atoms with Crippen LogP contribution >= 0.6 is 11.3 Å². The molecule has 1 nitrogen and oxygen atoms in total. The summed E-state index contributed by atoms with van der Waals surface area (Å²) < 4.78 is 107. The van der Waals surface area contributed by atoms with E-state index in [1.807, 2.05) is 78.9 Å². The maximum atomic E-state index is 9.68. The summed E-state index contributed by atoms with van der Waals surface area (Å²) in [4.78, 5) is 1.70. The van der Waals surface area contributed by atoms with Crippen LogP contribution in [0.15, 0.2) is 164 Å². The van der Waals surface area contributed by atoms with E-state index in [1.165, 1.54) is 11.3 Å². The van der Waals surface area contributed by atoms with Gasteiger partial charge in [-0.1, -0.05) is 133 Å². The van der Waals surface area contributed by atoms with Crippen LogP contribution in [0.25, 0.3) is 63.6 Å². The fourth-order valence-electron chi connectivity index (χ4n) is 6.05. The van der Waals surface area contributed by atoms with Crippen LogP contribution in [0.3, 0.4) is 0 Å². The normalized spacial score (nSPS) is 15.5. The minimum Gasteiger partial charge on any atom is -0.309 e. The summed E-state index contributed by atoms with van der Waals surface area (Å²) in [6.45, 7) is 0. The molecule has 0 spiro atoms. The van der Waals surface area contributed by atoms with Gasteiger partial charge in [0.25, 0.3) is 0 Å². The fourth-order valence-corrected chi connectivity index (χ4v) is 7.29. The lowest BCUT2D eigenvalue weighted by Gasteiger charge is -2.28. The number of hydrogen-bond acceptors (Lipinski definition) is 2. The highest BCUT2D eigenvalue weighted by molar-refractivity contribution is 7.26. The molecule has 9 rings (SSSR count). The molecule has 0 atom stereocenters. The van der Waals surface area contributed by atoms with E-state index >= 15 is 0 Å². The molecule has 0 radical (unpaired) electrons. The van der Waals surface area contributed by atoms with Crippen LogP contribution in [0.4, 0.5) is 17.1 Å². The second kappa shape index (κ2) is 10.1. The molecule has 0 aliphatic rings. The van der Waals surface area contributed by atoms with Crippen LogP contribution in [0.1, 0.15) is 16.4 Å². The lowest BCUT2D eigenvalue weighted by Crippen LogP contribution is -2.11. The summed E-state index contributed by atoms with van der Waals surface area (Å²) in [6.07, 6.45) is 0. The van der Waals surface area contributed by atoms with Crippen molar-refractivity contribution in [1.82, 2.24) is 0 Å². The van der Waals surface area contributed by atoms with E-state index in [2.05, 4.69) is 0 Å². The zero-order chi connectivity index (χ0) is 39.5. The van der Waals surface area contributed by atoms with Crippen LogP contribution < -0.4 is 4.90 Å². The largest absolute Gasteiger partial charge is 0.309 e. The first-order valence-electron chi connectivity index (χ1n) is 20.0. The third-order valence-corrected chi connectivity index (χ3v) is 9.18. The summed E-state index contributed by atoms with van der Waals surface area (Å²) in [5.74, 6) is 0. The first-order chi connectivity index (χ1) is 26.8. The van der Waals surface area contributed by atoms with E-state index in [4.69, 9.17) is 12.3 Å². The third-order valence-electron chi connectivity index (χ3n) is 7.98. The maximum absolute atomic E-state index is 9.68. The van der Waals surface area contributed by atoms with Crippen molar-refractivity contribution < 1.29 is 16.4 Å². The van der Waals surface area contributed by atoms with Crippen LogP contribution in [0.2, 0.25) is 0 Å².